The van der Waals surface area contributed by atoms with Crippen LogP contribution in [0.5, 0.6) is 0 Å². The van der Waals surface area contributed by atoms with Crippen LogP contribution in [0, 0.1) is 6.92 Å². The summed E-state index contributed by atoms with van der Waals surface area (Å²) < 4.78 is 32.7. The molecule has 0 spiro atoms. The molecule has 168 valence electrons. The smallest absolute Gasteiger partial charge is 0.243 e. The van der Waals surface area contributed by atoms with Crippen molar-refractivity contribution in [1.29, 1.82) is 0 Å². The molecule has 4 rings (SSSR count). The molecule has 32 heavy (non-hydrogen) atoms. The fraction of sp³-hybridized carbons (Fsp3) is 0.320. The van der Waals surface area contributed by atoms with Gasteiger partial charge in [-0.1, -0.05) is 36.2 Å². The minimum Gasteiger partial charge on any atom is -0.467 e. The molecule has 0 atom stereocenters. The molecule has 3 aromatic rings. The van der Waals surface area contributed by atoms with Crippen molar-refractivity contribution in [3.05, 3.63) is 83.8 Å². The van der Waals surface area contributed by atoms with Crippen molar-refractivity contribution in [2.24, 2.45) is 0 Å². The van der Waals surface area contributed by atoms with E-state index >= 15 is 0 Å². The van der Waals surface area contributed by atoms with Gasteiger partial charge in [-0.15, -0.1) is 0 Å². The number of piperidine rings is 1. The molecule has 1 amide bonds. The number of anilines is 1. The fourth-order valence-electron chi connectivity index (χ4n) is 3.91. The molecule has 0 bridgehead atoms. The Bertz CT molecular complexity index is 1130. The van der Waals surface area contributed by atoms with Gasteiger partial charge < -0.3 is 9.32 Å². The van der Waals surface area contributed by atoms with Crippen LogP contribution in [-0.2, 0) is 27.8 Å². The molecule has 0 unspecified atom stereocenters. The van der Waals surface area contributed by atoms with Crippen LogP contribution < -0.4 is 4.90 Å². The van der Waals surface area contributed by atoms with Crippen molar-refractivity contribution in [1.82, 2.24) is 4.31 Å². The Morgan fingerprint density at radius 1 is 0.969 bits per heavy atom. The van der Waals surface area contributed by atoms with Crippen LogP contribution in [0.2, 0.25) is 0 Å². The summed E-state index contributed by atoms with van der Waals surface area (Å²) in [5, 5.41) is 0. The van der Waals surface area contributed by atoms with Gasteiger partial charge in [-0.3, -0.25) is 4.79 Å². The van der Waals surface area contributed by atoms with Crippen molar-refractivity contribution >= 4 is 21.6 Å². The second-order valence-corrected chi connectivity index (χ2v) is 10.1. The van der Waals surface area contributed by atoms with Crippen LogP contribution in [0.4, 0.5) is 5.69 Å². The number of hydrogen-bond acceptors (Lipinski definition) is 4. The lowest BCUT2D eigenvalue weighted by molar-refractivity contribution is -0.118. The summed E-state index contributed by atoms with van der Waals surface area (Å²) in [6.45, 7) is 3.47. The summed E-state index contributed by atoms with van der Waals surface area (Å²) in [5.74, 6) is 0.610. The normalized spacial score (nSPS) is 14.9. The zero-order valence-corrected chi connectivity index (χ0v) is 19.1. The number of carbonyl (C=O) groups is 1. The highest BCUT2D eigenvalue weighted by atomic mass is 32.2. The molecule has 1 aromatic heterocycles. The number of amides is 1. The molecular weight excluding hydrogens is 424 g/mol. The summed E-state index contributed by atoms with van der Waals surface area (Å²) in [4.78, 5) is 15.2. The van der Waals surface area contributed by atoms with Crippen molar-refractivity contribution in [3.8, 4) is 0 Å². The number of sulfonamides is 1. The Labute approximate surface area is 189 Å². The zero-order valence-electron chi connectivity index (χ0n) is 18.2. The Balaban J connectivity index is 1.51. The predicted octanol–water partition coefficient (Wildman–Crippen LogP) is 4.54. The van der Waals surface area contributed by atoms with Crippen molar-refractivity contribution in [3.63, 3.8) is 0 Å². The Hall–Kier alpha value is -2.90. The van der Waals surface area contributed by atoms with Crippen LogP contribution in [0.15, 0.2) is 76.2 Å². The summed E-state index contributed by atoms with van der Waals surface area (Å²) in [5.41, 5.74) is 2.68. The third-order valence-corrected chi connectivity index (χ3v) is 7.69. The van der Waals surface area contributed by atoms with Gasteiger partial charge in [0.2, 0.25) is 15.9 Å². The van der Waals surface area contributed by atoms with Crippen molar-refractivity contribution in [2.45, 2.75) is 44.0 Å². The van der Waals surface area contributed by atoms with Gasteiger partial charge in [-0.25, -0.2) is 8.42 Å². The number of furan rings is 1. The number of carbonyl (C=O) groups excluding carboxylic acids is 1. The van der Waals surface area contributed by atoms with E-state index in [4.69, 9.17) is 4.42 Å². The molecule has 0 aliphatic carbocycles. The van der Waals surface area contributed by atoms with Crippen LogP contribution in [0.3, 0.4) is 0 Å². The molecule has 1 saturated heterocycles. The number of aryl methyl sites for hydroxylation is 1. The average molecular weight is 453 g/mol. The van der Waals surface area contributed by atoms with Crippen molar-refractivity contribution < 1.29 is 17.6 Å². The van der Waals surface area contributed by atoms with Crippen LogP contribution in [-0.4, -0.2) is 31.7 Å². The first-order valence-corrected chi connectivity index (χ1v) is 12.4. The van der Waals surface area contributed by atoms with Gasteiger partial charge in [0.25, 0.3) is 0 Å². The molecular formula is C25H28N2O4S. The minimum absolute atomic E-state index is 0.0862. The lowest BCUT2D eigenvalue weighted by Gasteiger charge is -2.26. The molecule has 1 aliphatic heterocycles. The van der Waals surface area contributed by atoms with Crippen LogP contribution in [0.1, 0.15) is 36.1 Å². The predicted molar refractivity (Wildman–Crippen MR) is 124 cm³/mol. The van der Waals surface area contributed by atoms with Crippen LogP contribution in [0.25, 0.3) is 0 Å². The molecule has 0 saturated carbocycles. The molecule has 7 heteroatoms. The van der Waals surface area contributed by atoms with E-state index in [0.29, 0.717) is 25.4 Å². The van der Waals surface area contributed by atoms with Crippen molar-refractivity contribution in [2.75, 3.05) is 18.0 Å². The molecule has 2 heterocycles. The van der Waals surface area contributed by atoms with Gasteiger partial charge in [0.05, 0.1) is 24.1 Å². The molecule has 6 nitrogen and oxygen atoms in total. The number of nitrogens with zero attached hydrogens (tertiary/aromatic N) is 2. The Morgan fingerprint density at radius 3 is 2.28 bits per heavy atom. The van der Waals surface area contributed by atoms with E-state index in [1.54, 1.807) is 45.8 Å². The SMILES string of the molecule is Cc1ccc(N(Cc2ccco2)C(=O)Cc2ccc(S(=O)(=O)N3CCCCC3)cc2)cc1. The quantitative estimate of drug-likeness (QED) is 0.528. The average Bonchev–Trinajstić information content (AvgIpc) is 3.32. The second kappa shape index (κ2) is 9.71. The third-order valence-electron chi connectivity index (χ3n) is 5.77. The highest BCUT2D eigenvalue weighted by molar-refractivity contribution is 7.89. The second-order valence-electron chi connectivity index (χ2n) is 8.18. The topological polar surface area (TPSA) is 70.8 Å². The Kier molecular flexibility index (Phi) is 6.77. The number of rotatable bonds is 7. The summed E-state index contributed by atoms with van der Waals surface area (Å²) in [6.07, 6.45) is 4.63. The summed E-state index contributed by atoms with van der Waals surface area (Å²) in [6, 6.07) is 18.1. The van der Waals surface area contributed by atoms with Gasteiger partial charge in [-0.05, 0) is 61.7 Å². The van der Waals surface area contributed by atoms with E-state index in [1.807, 2.05) is 37.3 Å². The van der Waals surface area contributed by atoms with Gasteiger partial charge in [0, 0.05) is 18.8 Å². The number of benzene rings is 2. The largest absolute Gasteiger partial charge is 0.467 e. The maximum absolute atomic E-state index is 13.2. The molecule has 2 aromatic carbocycles. The third kappa shape index (κ3) is 5.11. The first-order chi connectivity index (χ1) is 15.4. The standard InChI is InChI=1S/C25H28N2O4S/c1-20-7-11-22(12-8-20)27(19-23-6-5-17-31-23)25(28)18-21-9-13-24(14-10-21)32(29,30)26-15-3-2-4-16-26/h5-14,17H,2-4,15-16,18-19H2,1H3. The first kappa shape index (κ1) is 22.3. The summed E-state index contributed by atoms with van der Waals surface area (Å²) in [7, 11) is -3.48. The van der Waals surface area contributed by atoms with Gasteiger partial charge >= 0.3 is 0 Å². The minimum atomic E-state index is -3.48. The van der Waals surface area contributed by atoms with Gasteiger partial charge in [0.1, 0.15) is 5.76 Å². The zero-order chi connectivity index (χ0) is 22.6. The van der Waals surface area contributed by atoms with E-state index in [-0.39, 0.29) is 17.2 Å². The maximum Gasteiger partial charge on any atom is 0.243 e. The highest BCUT2D eigenvalue weighted by Gasteiger charge is 2.26. The molecule has 0 N–H and O–H groups in total. The van der Waals surface area contributed by atoms with E-state index in [0.717, 1.165) is 36.1 Å². The highest BCUT2D eigenvalue weighted by Crippen LogP contribution is 2.23. The van der Waals surface area contributed by atoms with E-state index in [1.165, 1.54) is 0 Å². The van der Waals surface area contributed by atoms with Gasteiger partial charge in [0.15, 0.2) is 0 Å². The maximum atomic E-state index is 13.2. The van der Waals surface area contributed by atoms with E-state index in [9.17, 15) is 13.2 Å². The van der Waals surface area contributed by atoms with E-state index < -0.39 is 10.0 Å². The molecule has 0 radical (unpaired) electrons. The van der Waals surface area contributed by atoms with E-state index in [2.05, 4.69) is 0 Å². The first-order valence-electron chi connectivity index (χ1n) is 10.9. The number of hydrogen-bond donors (Lipinski definition) is 0. The molecule has 1 fully saturated rings. The monoisotopic (exact) mass is 452 g/mol. The fourth-order valence-corrected chi connectivity index (χ4v) is 5.43. The lowest BCUT2D eigenvalue weighted by atomic mass is 10.1. The Morgan fingerprint density at radius 2 is 1.66 bits per heavy atom. The van der Waals surface area contributed by atoms with Gasteiger partial charge in [-0.2, -0.15) is 4.31 Å². The van der Waals surface area contributed by atoms with Crippen LogP contribution >= 0.6 is 0 Å². The molecule has 1 aliphatic rings. The lowest BCUT2D eigenvalue weighted by Crippen LogP contribution is -2.35. The summed E-state index contributed by atoms with van der Waals surface area (Å²) >= 11 is 0.